The lowest BCUT2D eigenvalue weighted by molar-refractivity contribution is 0.0614. The molecule has 0 N–H and O–H groups in total. The molecule has 2 aliphatic heterocycles. The van der Waals surface area contributed by atoms with Gasteiger partial charge in [-0.3, -0.25) is 14.7 Å². The highest BCUT2D eigenvalue weighted by atomic mass is 16.2. The van der Waals surface area contributed by atoms with E-state index < -0.39 is 0 Å². The third kappa shape index (κ3) is 3.80. The van der Waals surface area contributed by atoms with E-state index in [9.17, 15) is 4.79 Å². The van der Waals surface area contributed by atoms with Crippen molar-refractivity contribution in [1.29, 1.82) is 0 Å². The van der Waals surface area contributed by atoms with Crippen LogP contribution in [0.2, 0.25) is 0 Å². The van der Waals surface area contributed by atoms with Crippen LogP contribution in [0.4, 0.5) is 0 Å². The Labute approximate surface area is 155 Å². The van der Waals surface area contributed by atoms with E-state index in [2.05, 4.69) is 45.1 Å². The molecule has 2 aromatic rings. The number of rotatable bonds is 4. The molecular formula is C22H27N3O. The van der Waals surface area contributed by atoms with Gasteiger partial charge in [0, 0.05) is 37.1 Å². The first-order valence-electron chi connectivity index (χ1n) is 9.78. The quantitative estimate of drug-likeness (QED) is 0.846. The molecule has 4 rings (SSSR count). The van der Waals surface area contributed by atoms with E-state index in [-0.39, 0.29) is 5.91 Å². The van der Waals surface area contributed by atoms with Crippen molar-refractivity contribution < 1.29 is 4.79 Å². The normalized spacial score (nSPS) is 21.8. The zero-order valence-electron chi connectivity index (χ0n) is 15.3. The summed E-state index contributed by atoms with van der Waals surface area (Å²) in [6.45, 7) is 4.20. The lowest BCUT2D eigenvalue weighted by Gasteiger charge is -2.38. The molecule has 3 heterocycles. The maximum Gasteiger partial charge on any atom is 0.254 e. The Morgan fingerprint density at radius 1 is 0.962 bits per heavy atom. The molecule has 1 aromatic carbocycles. The number of aromatic nitrogens is 1. The van der Waals surface area contributed by atoms with Gasteiger partial charge >= 0.3 is 0 Å². The summed E-state index contributed by atoms with van der Waals surface area (Å²) in [7, 11) is 0. The average molecular weight is 349 g/mol. The molecule has 136 valence electrons. The van der Waals surface area contributed by atoms with Crippen LogP contribution >= 0.6 is 0 Å². The summed E-state index contributed by atoms with van der Waals surface area (Å²) in [6.07, 6.45) is 8.09. The first kappa shape index (κ1) is 17.2. The first-order valence-corrected chi connectivity index (χ1v) is 9.78. The largest absolute Gasteiger partial charge is 0.335 e. The van der Waals surface area contributed by atoms with Crippen LogP contribution in [0.3, 0.4) is 0 Å². The molecule has 0 unspecified atom stereocenters. The van der Waals surface area contributed by atoms with E-state index in [0.29, 0.717) is 12.0 Å². The summed E-state index contributed by atoms with van der Waals surface area (Å²) in [5.41, 5.74) is 2.16. The topological polar surface area (TPSA) is 36.4 Å². The van der Waals surface area contributed by atoms with Crippen molar-refractivity contribution in [2.24, 2.45) is 5.92 Å². The molecule has 0 bridgehead atoms. The zero-order valence-corrected chi connectivity index (χ0v) is 15.3. The van der Waals surface area contributed by atoms with E-state index in [0.717, 1.165) is 44.6 Å². The lowest BCUT2D eigenvalue weighted by atomic mass is 9.87. The van der Waals surface area contributed by atoms with Crippen LogP contribution in [0, 0.1) is 5.92 Å². The van der Waals surface area contributed by atoms with Crippen molar-refractivity contribution in [2.75, 3.05) is 19.6 Å². The monoisotopic (exact) mass is 349 g/mol. The molecule has 4 heteroatoms. The summed E-state index contributed by atoms with van der Waals surface area (Å²) in [5, 5.41) is 0. The number of pyridine rings is 1. The molecule has 0 radical (unpaired) electrons. The molecule has 2 aliphatic rings. The number of benzene rings is 1. The molecule has 26 heavy (non-hydrogen) atoms. The van der Waals surface area contributed by atoms with E-state index in [1.807, 2.05) is 12.1 Å². The van der Waals surface area contributed by atoms with Crippen molar-refractivity contribution in [3.05, 3.63) is 66.0 Å². The van der Waals surface area contributed by atoms with E-state index in [1.165, 1.54) is 18.4 Å². The molecule has 1 atom stereocenters. The predicted octanol–water partition coefficient (Wildman–Crippen LogP) is 3.60. The Balaban J connectivity index is 1.35. The standard InChI is InChI=1S/C22H27N3O/c26-22(20-8-12-23-13-9-20)25-14-4-7-21(25)19-10-15-24(16-11-19)17-18-5-2-1-3-6-18/h1-3,5-6,8-9,12-13,19,21H,4,7,10-11,14-17H2/t21-/m0/s1. The van der Waals surface area contributed by atoms with Crippen LogP contribution in [0.5, 0.6) is 0 Å². The second kappa shape index (κ2) is 8.00. The van der Waals surface area contributed by atoms with Gasteiger partial charge in [-0.15, -0.1) is 0 Å². The minimum atomic E-state index is 0.182. The number of carbonyl (C=O) groups excluding carboxylic acids is 1. The molecule has 0 saturated carbocycles. The van der Waals surface area contributed by atoms with Crippen molar-refractivity contribution in [2.45, 2.75) is 38.3 Å². The van der Waals surface area contributed by atoms with Gasteiger partial charge in [0.2, 0.25) is 0 Å². The van der Waals surface area contributed by atoms with Gasteiger partial charge in [0.25, 0.3) is 5.91 Å². The third-order valence-corrected chi connectivity index (χ3v) is 5.91. The SMILES string of the molecule is O=C(c1ccncc1)N1CCC[C@H]1C1CCN(Cc2ccccc2)CC1. The highest BCUT2D eigenvalue weighted by molar-refractivity contribution is 5.94. The van der Waals surface area contributed by atoms with Gasteiger partial charge in [0.1, 0.15) is 0 Å². The summed E-state index contributed by atoms with van der Waals surface area (Å²) >= 11 is 0. The Hall–Kier alpha value is -2.20. The highest BCUT2D eigenvalue weighted by Crippen LogP contribution is 2.32. The molecular weight excluding hydrogens is 322 g/mol. The summed E-state index contributed by atoms with van der Waals surface area (Å²) < 4.78 is 0. The lowest BCUT2D eigenvalue weighted by Crippen LogP contribution is -2.44. The van der Waals surface area contributed by atoms with Gasteiger partial charge in [0.15, 0.2) is 0 Å². The molecule has 2 fully saturated rings. The van der Waals surface area contributed by atoms with Gasteiger partial charge in [-0.1, -0.05) is 30.3 Å². The average Bonchev–Trinajstić information content (AvgIpc) is 3.19. The van der Waals surface area contributed by atoms with E-state index >= 15 is 0 Å². The van der Waals surface area contributed by atoms with Crippen LogP contribution in [0.15, 0.2) is 54.9 Å². The minimum absolute atomic E-state index is 0.182. The predicted molar refractivity (Wildman–Crippen MR) is 103 cm³/mol. The van der Waals surface area contributed by atoms with E-state index in [1.54, 1.807) is 12.4 Å². The Morgan fingerprint density at radius 2 is 1.69 bits per heavy atom. The highest BCUT2D eigenvalue weighted by Gasteiger charge is 2.36. The number of hydrogen-bond acceptors (Lipinski definition) is 3. The Bertz CT molecular complexity index is 711. The van der Waals surface area contributed by atoms with Crippen LogP contribution in [-0.4, -0.2) is 46.4 Å². The van der Waals surface area contributed by atoms with Crippen LogP contribution < -0.4 is 0 Å². The Kier molecular flexibility index (Phi) is 5.30. The fourth-order valence-corrected chi connectivity index (χ4v) is 4.53. The van der Waals surface area contributed by atoms with Gasteiger partial charge in [-0.2, -0.15) is 0 Å². The fraction of sp³-hybridized carbons (Fsp3) is 0.455. The summed E-state index contributed by atoms with van der Waals surface area (Å²) in [4.78, 5) is 21.6. The zero-order chi connectivity index (χ0) is 17.8. The molecule has 2 saturated heterocycles. The van der Waals surface area contributed by atoms with E-state index in [4.69, 9.17) is 0 Å². The van der Waals surface area contributed by atoms with Gasteiger partial charge < -0.3 is 4.90 Å². The maximum atomic E-state index is 12.9. The van der Waals surface area contributed by atoms with Gasteiger partial charge in [-0.05, 0) is 62.4 Å². The van der Waals surface area contributed by atoms with Crippen molar-refractivity contribution >= 4 is 5.91 Å². The molecule has 4 nitrogen and oxygen atoms in total. The number of amides is 1. The second-order valence-electron chi connectivity index (χ2n) is 7.54. The maximum absolute atomic E-state index is 12.9. The van der Waals surface area contributed by atoms with Gasteiger partial charge in [-0.25, -0.2) is 0 Å². The number of piperidine rings is 1. The number of hydrogen-bond donors (Lipinski definition) is 0. The summed E-state index contributed by atoms with van der Waals surface area (Å²) in [5.74, 6) is 0.817. The Morgan fingerprint density at radius 3 is 2.42 bits per heavy atom. The number of likely N-dealkylation sites (tertiary alicyclic amines) is 2. The summed E-state index contributed by atoms with van der Waals surface area (Å²) in [6, 6.07) is 14.8. The van der Waals surface area contributed by atoms with Crippen LogP contribution in [0.1, 0.15) is 41.6 Å². The molecule has 0 spiro atoms. The molecule has 0 aliphatic carbocycles. The minimum Gasteiger partial charge on any atom is -0.335 e. The van der Waals surface area contributed by atoms with Crippen molar-refractivity contribution in [1.82, 2.24) is 14.8 Å². The smallest absolute Gasteiger partial charge is 0.254 e. The van der Waals surface area contributed by atoms with Crippen molar-refractivity contribution in [3.8, 4) is 0 Å². The fourth-order valence-electron chi connectivity index (χ4n) is 4.53. The van der Waals surface area contributed by atoms with Crippen LogP contribution in [-0.2, 0) is 6.54 Å². The second-order valence-corrected chi connectivity index (χ2v) is 7.54. The number of carbonyl (C=O) groups is 1. The number of nitrogens with zero attached hydrogens (tertiary/aromatic N) is 3. The first-order chi connectivity index (χ1) is 12.8. The molecule has 1 aromatic heterocycles. The van der Waals surface area contributed by atoms with Crippen LogP contribution in [0.25, 0.3) is 0 Å². The third-order valence-electron chi connectivity index (χ3n) is 5.91. The molecule has 1 amide bonds. The van der Waals surface area contributed by atoms with Crippen molar-refractivity contribution in [3.63, 3.8) is 0 Å². The van der Waals surface area contributed by atoms with Gasteiger partial charge in [0.05, 0.1) is 0 Å².